The van der Waals surface area contributed by atoms with Crippen molar-refractivity contribution in [2.24, 2.45) is 0 Å². The number of imidazole rings is 1. The molecule has 2 rings (SSSR count). The summed E-state index contributed by atoms with van der Waals surface area (Å²) in [5.41, 5.74) is 1.19. The van der Waals surface area contributed by atoms with Crippen LogP contribution in [0, 0.1) is 0 Å². The lowest BCUT2D eigenvalue weighted by Gasteiger charge is -1.94. The molecule has 4 nitrogen and oxygen atoms in total. The van der Waals surface area contributed by atoms with E-state index in [0.29, 0.717) is 11.3 Å². The minimum Gasteiger partial charge on any atom is -0.291 e. The minimum atomic E-state index is -0.0220. The number of fused-ring (bicyclic) bond motifs is 1. The van der Waals surface area contributed by atoms with Crippen LogP contribution in [0.2, 0.25) is 0 Å². The zero-order valence-corrected chi connectivity index (χ0v) is 8.23. The molecule has 13 heavy (non-hydrogen) atoms. The summed E-state index contributed by atoms with van der Waals surface area (Å²) < 4.78 is 1.53. The van der Waals surface area contributed by atoms with E-state index in [9.17, 15) is 4.79 Å². The number of alkyl halides is 1. The van der Waals surface area contributed by atoms with Gasteiger partial charge in [0.1, 0.15) is 5.69 Å². The number of rotatable bonds is 2. The number of ketones is 1. The second kappa shape index (κ2) is 3.26. The number of aromatic nitrogens is 3. The van der Waals surface area contributed by atoms with Crippen molar-refractivity contribution in [3.8, 4) is 0 Å². The molecule has 0 aliphatic heterocycles. The first-order chi connectivity index (χ1) is 6.33. The average molecular weight is 240 g/mol. The predicted molar refractivity (Wildman–Crippen MR) is 51.1 cm³/mol. The van der Waals surface area contributed by atoms with Crippen LogP contribution >= 0.6 is 15.9 Å². The first-order valence-corrected chi connectivity index (χ1v) is 4.83. The normalized spacial score (nSPS) is 10.5. The lowest BCUT2D eigenvalue weighted by Crippen LogP contribution is -2.05. The van der Waals surface area contributed by atoms with Gasteiger partial charge in [0.05, 0.1) is 11.5 Å². The van der Waals surface area contributed by atoms with Crippen LogP contribution in [0.25, 0.3) is 5.65 Å². The molecular weight excluding hydrogens is 234 g/mol. The minimum absolute atomic E-state index is 0.0220. The highest BCUT2D eigenvalue weighted by Crippen LogP contribution is 2.05. The third-order valence-corrected chi connectivity index (χ3v) is 2.19. The Morgan fingerprint density at radius 2 is 2.46 bits per heavy atom. The molecule has 0 amide bonds. The van der Waals surface area contributed by atoms with Crippen molar-refractivity contribution < 1.29 is 4.79 Å². The molecule has 0 aliphatic rings. The van der Waals surface area contributed by atoms with E-state index >= 15 is 0 Å². The zero-order chi connectivity index (χ0) is 9.26. The molecule has 0 saturated heterocycles. The molecule has 0 spiro atoms. The van der Waals surface area contributed by atoms with Crippen LogP contribution in [0.3, 0.4) is 0 Å². The van der Waals surface area contributed by atoms with Gasteiger partial charge in [0.25, 0.3) is 0 Å². The third-order valence-electron chi connectivity index (χ3n) is 1.68. The highest BCUT2D eigenvalue weighted by molar-refractivity contribution is 9.09. The summed E-state index contributed by atoms with van der Waals surface area (Å²) in [6, 6.07) is 3.59. The lowest BCUT2D eigenvalue weighted by molar-refractivity contribution is 0.101. The Balaban J connectivity index is 2.64. The topological polar surface area (TPSA) is 47.3 Å². The van der Waals surface area contributed by atoms with Gasteiger partial charge in [-0.3, -0.25) is 4.79 Å². The first-order valence-electron chi connectivity index (χ1n) is 3.71. The van der Waals surface area contributed by atoms with Gasteiger partial charge in [-0.2, -0.15) is 5.10 Å². The Labute approximate surface area is 82.7 Å². The van der Waals surface area contributed by atoms with E-state index < -0.39 is 0 Å². The summed E-state index contributed by atoms with van der Waals surface area (Å²) in [6.07, 6.45) is 3.16. The summed E-state index contributed by atoms with van der Waals surface area (Å²) >= 11 is 3.10. The number of nitrogens with zero attached hydrogens (tertiary/aromatic N) is 3. The van der Waals surface area contributed by atoms with Crippen LogP contribution in [0.15, 0.2) is 24.5 Å². The van der Waals surface area contributed by atoms with Gasteiger partial charge in [0.15, 0.2) is 11.4 Å². The Hall–Kier alpha value is -1.23. The number of halogens is 1. The molecule has 5 heteroatoms. The van der Waals surface area contributed by atoms with Gasteiger partial charge in [0.2, 0.25) is 0 Å². The fourth-order valence-corrected chi connectivity index (χ4v) is 1.38. The fraction of sp³-hybridized carbons (Fsp3) is 0.125. The molecule has 0 bridgehead atoms. The molecule has 0 unspecified atom stereocenters. The quantitative estimate of drug-likeness (QED) is 0.587. The number of carbonyl (C=O) groups excluding carboxylic acids is 1. The van der Waals surface area contributed by atoms with Crippen molar-refractivity contribution >= 4 is 27.4 Å². The maximum absolute atomic E-state index is 11.3. The van der Waals surface area contributed by atoms with E-state index in [-0.39, 0.29) is 11.1 Å². The number of Topliss-reactive ketones (excluding diaryl/α,β-unsaturated/α-hetero) is 1. The summed E-state index contributed by atoms with van der Waals surface area (Å²) in [5, 5.41) is 4.31. The van der Waals surface area contributed by atoms with E-state index in [4.69, 9.17) is 0 Å². The van der Waals surface area contributed by atoms with Gasteiger partial charge >= 0.3 is 0 Å². The number of hydrogen-bond acceptors (Lipinski definition) is 3. The highest BCUT2D eigenvalue weighted by atomic mass is 79.9. The molecule has 0 radical (unpaired) electrons. The molecule has 0 fully saturated rings. The SMILES string of the molecule is O=C(CBr)c1cnc2cccnn12. The summed E-state index contributed by atoms with van der Waals surface area (Å²) in [5.74, 6) is -0.0220. The van der Waals surface area contributed by atoms with Crippen molar-refractivity contribution in [2.75, 3.05) is 5.33 Å². The van der Waals surface area contributed by atoms with Gasteiger partial charge in [-0.25, -0.2) is 9.50 Å². The van der Waals surface area contributed by atoms with Gasteiger partial charge in [-0.05, 0) is 12.1 Å². The second-order valence-electron chi connectivity index (χ2n) is 2.49. The molecule has 2 heterocycles. The van der Waals surface area contributed by atoms with Crippen molar-refractivity contribution in [3.63, 3.8) is 0 Å². The van der Waals surface area contributed by atoms with Crippen LogP contribution in [-0.4, -0.2) is 25.7 Å². The smallest absolute Gasteiger partial charge is 0.193 e. The van der Waals surface area contributed by atoms with E-state index in [2.05, 4.69) is 26.0 Å². The van der Waals surface area contributed by atoms with Gasteiger partial charge in [-0.15, -0.1) is 0 Å². The second-order valence-corrected chi connectivity index (χ2v) is 3.05. The summed E-state index contributed by atoms with van der Waals surface area (Å²) in [4.78, 5) is 15.4. The molecule has 0 aliphatic carbocycles. The maximum atomic E-state index is 11.3. The Bertz CT molecular complexity index is 451. The van der Waals surface area contributed by atoms with E-state index in [0.717, 1.165) is 0 Å². The Kier molecular flexibility index (Phi) is 2.10. The molecule has 66 valence electrons. The molecule has 0 atom stereocenters. The van der Waals surface area contributed by atoms with Crippen LogP contribution in [-0.2, 0) is 0 Å². The van der Waals surface area contributed by atoms with Gasteiger partial charge in [-0.1, -0.05) is 15.9 Å². The van der Waals surface area contributed by atoms with Crippen molar-refractivity contribution in [2.45, 2.75) is 0 Å². The average Bonchev–Trinajstić information content (AvgIpc) is 2.60. The summed E-state index contributed by atoms with van der Waals surface area (Å²) in [6.45, 7) is 0. The van der Waals surface area contributed by atoms with Crippen LogP contribution in [0.4, 0.5) is 0 Å². The van der Waals surface area contributed by atoms with Crippen molar-refractivity contribution in [3.05, 3.63) is 30.2 Å². The van der Waals surface area contributed by atoms with Gasteiger partial charge < -0.3 is 0 Å². The number of carbonyl (C=O) groups is 1. The zero-order valence-electron chi connectivity index (χ0n) is 6.64. The van der Waals surface area contributed by atoms with Crippen molar-refractivity contribution in [1.82, 2.24) is 14.6 Å². The predicted octanol–water partition coefficient (Wildman–Crippen LogP) is 1.31. The first kappa shape index (κ1) is 8.37. The maximum Gasteiger partial charge on any atom is 0.193 e. The van der Waals surface area contributed by atoms with E-state index in [1.165, 1.54) is 10.7 Å². The number of hydrogen-bond donors (Lipinski definition) is 0. The van der Waals surface area contributed by atoms with Crippen LogP contribution < -0.4 is 0 Å². The molecule has 0 aromatic carbocycles. The Morgan fingerprint density at radius 1 is 1.62 bits per heavy atom. The van der Waals surface area contributed by atoms with Gasteiger partial charge in [0, 0.05) is 6.20 Å². The molecule has 2 aromatic heterocycles. The highest BCUT2D eigenvalue weighted by Gasteiger charge is 2.10. The van der Waals surface area contributed by atoms with Crippen LogP contribution in [0.5, 0.6) is 0 Å². The Morgan fingerprint density at radius 3 is 3.23 bits per heavy atom. The lowest BCUT2D eigenvalue weighted by atomic mass is 10.3. The monoisotopic (exact) mass is 239 g/mol. The largest absolute Gasteiger partial charge is 0.291 e. The van der Waals surface area contributed by atoms with Crippen LogP contribution in [0.1, 0.15) is 10.5 Å². The molecule has 0 saturated carbocycles. The van der Waals surface area contributed by atoms with E-state index in [1.54, 1.807) is 18.3 Å². The third kappa shape index (κ3) is 1.35. The molecule has 0 N–H and O–H groups in total. The standard InChI is InChI=1S/C8H6BrN3O/c9-4-7(13)6-5-10-8-2-1-3-11-12(6)8/h1-3,5H,4H2. The van der Waals surface area contributed by atoms with E-state index in [1.807, 2.05) is 0 Å². The molecular formula is C8H6BrN3O. The molecule has 2 aromatic rings. The van der Waals surface area contributed by atoms with Crippen molar-refractivity contribution in [1.29, 1.82) is 0 Å². The summed E-state index contributed by atoms with van der Waals surface area (Å²) in [7, 11) is 0. The fourth-order valence-electron chi connectivity index (χ4n) is 1.09.